The number of aromatic nitrogens is 2. The van der Waals surface area contributed by atoms with Crippen LogP contribution < -0.4 is 5.32 Å². The minimum absolute atomic E-state index is 0.156. The van der Waals surface area contributed by atoms with E-state index in [1.54, 1.807) is 0 Å². The molecular weight excluding hydrogens is 288 g/mol. The normalized spacial score (nSPS) is 22.2. The van der Waals surface area contributed by atoms with Crippen molar-refractivity contribution in [3.63, 3.8) is 0 Å². The van der Waals surface area contributed by atoms with Crippen molar-refractivity contribution in [3.05, 3.63) is 17.5 Å². The van der Waals surface area contributed by atoms with E-state index in [0.717, 1.165) is 57.3 Å². The molecule has 0 aromatic carbocycles. The zero-order valence-corrected chi connectivity index (χ0v) is 14.7. The van der Waals surface area contributed by atoms with Gasteiger partial charge in [-0.3, -0.25) is 4.68 Å². The molecule has 1 unspecified atom stereocenters. The summed E-state index contributed by atoms with van der Waals surface area (Å²) >= 11 is 0. The highest BCUT2D eigenvalue weighted by Gasteiger charge is 2.22. The lowest BCUT2D eigenvalue weighted by Gasteiger charge is -2.33. The van der Waals surface area contributed by atoms with Crippen LogP contribution in [0.1, 0.15) is 50.3 Å². The molecule has 0 spiro atoms. The molecule has 0 bridgehead atoms. The topological polar surface area (TPSA) is 53.3 Å². The van der Waals surface area contributed by atoms with Gasteiger partial charge in [-0.05, 0) is 58.5 Å². The van der Waals surface area contributed by atoms with Crippen molar-refractivity contribution in [2.24, 2.45) is 5.92 Å². The first-order valence-corrected chi connectivity index (χ1v) is 9.28. The molecule has 1 aromatic rings. The predicted octanol–water partition coefficient (Wildman–Crippen LogP) is 1.93. The summed E-state index contributed by atoms with van der Waals surface area (Å²) in [6.07, 6.45) is 8.33. The van der Waals surface area contributed by atoms with Gasteiger partial charge in [-0.15, -0.1) is 0 Å². The number of aliphatic hydroxyl groups excluding tert-OH is 1. The smallest absolute Gasteiger partial charge is 0.0638 e. The quantitative estimate of drug-likeness (QED) is 0.806. The van der Waals surface area contributed by atoms with Crippen LogP contribution in [0.3, 0.4) is 0 Å². The molecule has 1 aliphatic carbocycles. The monoisotopic (exact) mass is 320 g/mol. The summed E-state index contributed by atoms with van der Waals surface area (Å²) < 4.78 is 2.11. The van der Waals surface area contributed by atoms with Crippen LogP contribution >= 0.6 is 0 Å². The lowest BCUT2D eigenvalue weighted by molar-refractivity contribution is 0.0704. The molecule has 1 saturated heterocycles. The average Bonchev–Trinajstić information content (AvgIpc) is 2.84. The van der Waals surface area contributed by atoms with Crippen molar-refractivity contribution in [2.75, 3.05) is 19.6 Å². The third-order valence-electron chi connectivity index (χ3n) is 5.69. The largest absolute Gasteiger partial charge is 0.393 e. The minimum Gasteiger partial charge on any atom is -0.393 e. The van der Waals surface area contributed by atoms with Crippen LogP contribution in [0.5, 0.6) is 0 Å². The Morgan fingerprint density at radius 3 is 2.61 bits per heavy atom. The number of likely N-dealkylation sites (tertiary alicyclic amines) is 1. The molecule has 1 aliphatic heterocycles. The molecule has 3 rings (SSSR count). The lowest BCUT2D eigenvalue weighted by Crippen LogP contribution is -2.38. The summed E-state index contributed by atoms with van der Waals surface area (Å²) in [7, 11) is 0. The van der Waals surface area contributed by atoms with Gasteiger partial charge in [-0.1, -0.05) is 6.42 Å². The molecule has 23 heavy (non-hydrogen) atoms. The fourth-order valence-electron chi connectivity index (χ4n) is 3.62. The minimum atomic E-state index is -0.156. The van der Waals surface area contributed by atoms with E-state index in [0.29, 0.717) is 5.92 Å². The summed E-state index contributed by atoms with van der Waals surface area (Å²) in [5, 5.41) is 18.0. The van der Waals surface area contributed by atoms with Gasteiger partial charge >= 0.3 is 0 Å². The lowest BCUT2D eigenvalue weighted by atomic mass is 9.92. The number of rotatable bonds is 7. The average molecular weight is 320 g/mol. The van der Waals surface area contributed by atoms with Crippen LogP contribution in [-0.4, -0.2) is 51.6 Å². The first kappa shape index (κ1) is 16.9. The second-order valence-electron chi connectivity index (χ2n) is 7.43. The fraction of sp³-hybridized carbons (Fsp3) is 0.833. The maximum atomic E-state index is 9.68. The molecule has 130 valence electrons. The van der Waals surface area contributed by atoms with Crippen LogP contribution in [0.15, 0.2) is 6.20 Å². The van der Waals surface area contributed by atoms with Gasteiger partial charge in [0.2, 0.25) is 0 Å². The molecule has 1 aromatic heterocycles. The number of nitrogens with one attached hydrogen (secondary N) is 1. The summed E-state index contributed by atoms with van der Waals surface area (Å²) in [6, 6.07) is 0.730. The highest BCUT2D eigenvalue weighted by molar-refractivity contribution is 5.15. The third-order valence-corrected chi connectivity index (χ3v) is 5.69. The van der Waals surface area contributed by atoms with Gasteiger partial charge in [-0.2, -0.15) is 5.10 Å². The zero-order chi connectivity index (χ0) is 16.2. The Kier molecular flexibility index (Phi) is 5.72. The van der Waals surface area contributed by atoms with E-state index >= 15 is 0 Å². The molecule has 2 N–H and O–H groups in total. The van der Waals surface area contributed by atoms with Crippen molar-refractivity contribution < 1.29 is 5.11 Å². The van der Waals surface area contributed by atoms with Crippen molar-refractivity contribution in [3.8, 4) is 0 Å². The molecular formula is C18H32N4O. The van der Waals surface area contributed by atoms with E-state index in [2.05, 4.69) is 33.1 Å². The number of aryl methyl sites for hydroxylation is 1. The Morgan fingerprint density at radius 2 is 2.00 bits per heavy atom. The fourth-order valence-corrected chi connectivity index (χ4v) is 3.62. The van der Waals surface area contributed by atoms with Gasteiger partial charge in [0.05, 0.1) is 18.3 Å². The number of nitrogens with zero attached hydrogens (tertiary/aromatic N) is 3. The predicted molar refractivity (Wildman–Crippen MR) is 92.3 cm³/mol. The van der Waals surface area contributed by atoms with E-state index in [1.807, 2.05) is 6.92 Å². The first-order valence-electron chi connectivity index (χ1n) is 9.28. The highest BCUT2D eigenvalue weighted by atomic mass is 16.3. The second-order valence-corrected chi connectivity index (χ2v) is 7.43. The van der Waals surface area contributed by atoms with Crippen molar-refractivity contribution in [2.45, 2.75) is 71.2 Å². The van der Waals surface area contributed by atoms with Crippen molar-refractivity contribution in [1.29, 1.82) is 0 Å². The molecule has 2 fully saturated rings. The standard InChI is InChI=1S/C18H32N4O/c1-14-17(12-19-18-4-3-5-18)13-22(20-14)11-10-21-8-6-16(7-9-21)15(2)23/h13,15-16,18-19,23H,3-12H2,1-2H3. The summed E-state index contributed by atoms with van der Waals surface area (Å²) in [5.41, 5.74) is 2.49. The van der Waals surface area contributed by atoms with Crippen LogP contribution in [0.4, 0.5) is 0 Å². The third kappa shape index (κ3) is 4.55. The molecule has 0 amide bonds. The molecule has 5 heteroatoms. The summed E-state index contributed by atoms with van der Waals surface area (Å²) in [5.74, 6) is 0.488. The summed E-state index contributed by atoms with van der Waals surface area (Å²) in [4.78, 5) is 2.50. The summed E-state index contributed by atoms with van der Waals surface area (Å²) in [6.45, 7) is 9.22. The maximum Gasteiger partial charge on any atom is 0.0638 e. The maximum absolute atomic E-state index is 9.68. The molecule has 0 radical (unpaired) electrons. The Labute approximate surface area is 140 Å². The van der Waals surface area contributed by atoms with Gasteiger partial charge in [0, 0.05) is 30.9 Å². The highest BCUT2D eigenvalue weighted by Crippen LogP contribution is 2.21. The van der Waals surface area contributed by atoms with E-state index in [4.69, 9.17) is 0 Å². The molecule has 2 aliphatic rings. The zero-order valence-electron chi connectivity index (χ0n) is 14.7. The van der Waals surface area contributed by atoms with Crippen molar-refractivity contribution in [1.82, 2.24) is 20.0 Å². The van der Waals surface area contributed by atoms with Gasteiger partial charge in [0.1, 0.15) is 0 Å². The van der Waals surface area contributed by atoms with E-state index in [-0.39, 0.29) is 6.10 Å². The van der Waals surface area contributed by atoms with E-state index < -0.39 is 0 Å². The number of aliphatic hydroxyl groups is 1. The Hall–Kier alpha value is -0.910. The Bertz CT molecular complexity index is 487. The molecule has 2 heterocycles. The van der Waals surface area contributed by atoms with Gasteiger partial charge in [-0.25, -0.2) is 0 Å². The molecule has 1 saturated carbocycles. The van der Waals surface area contributed by atoms with E-state index in [9.17, 15) is 5.11 Å². The van der Waals surface area contributed by atoms with Gasteiger partial charge in [0.15, 0.2) is 0 Å². The second kappa shape index (κ2) is 7.77. The molecule has 1 atom stereocenters. The van der Waals surface area contributed by atoms with Crippen LogP contribution in [0.2, 0.25) is 0 Å². The Balaban J connectivity index is 1.41. The van der Waals surface area contributed by atoms with Gasteiger partial charge in [0.25, 0.3) is 0 Å². The van der Waals surface area contributed by atoms with E-state index in [1.165, 1.54) is 24.8 Å². The number of hydrogen-bond donors (Lipinski definition) is 2. The van der Waals surface area contributed by atoms with Crippen LogP contribution in [0, 0.1) is 12.8 Å². The number of hydrogen-bond acceptors (Lipinski definition) is 4. The van der Waals surface area contributed by atoms with Gasteiger partial charge < -0.3 is 15.3 Å². The SMILES string of the molecule is Cc1nn(CCN2CCC(C(C)O)CC2)cc1CNC1CCC1. The number of piperidine rings is 1. The molecule has 5 nitrogen and oxygen atoms in total. The van der Waals surface area contributed by atoms with Crippen LogP contribution in [0.25, 0.3) is 0 Å². The first-order chi connectivity index (χ1) is 11.1. The van der Waals surface area contributed by atoms with Crippen molar-refractivity contribution >= 4 is 0 Å². The Morgan fingerprint density at radius 1 is 1.26 bits per heavy atom. The van der Waals surface area contributed by atoms with Crippen LogP contribution in [-0.2, 0) is 13.1 Å².